The van der Waals surface area contributed by atoms with Crippen molar-refractivity contribution in [3.05, 3.63) is 55.1 Å². The zero-order chi connectivity index (χ0) is 24.3. The molecule has 0 saturated carbocycles. The Kier molecular flexibility index (Phi) is 5.21. The Hall–Kier alpha value is -3.58. The van der Waals surface area contributed by atoms with Crippen molar-refractivity contribution >= 4 is 12.0 Å². The van der Waals surface area contributed by atoms with E-state index in [4.69, 9.17) is 8.85 Å². The number of esters is 1. The van der Waals surface area contributed by atoms with Gasteiger partial charge in [0.2, 0.25) is 6.10 Å². The summed E-state index contributed by atoms with van der Waals surface area (Å²) >= 11 is 0. The zero-order valence-corrected chi connectivity index (χ0v) is 14.1. The summed E-state index contributed by atoms with van der Waals surface area (Å²) in [6.45, 7) is -4.75. The van der Waals surface area contributed by atoms with Gasteiger partial charge in [-0.2, -0.15) is 13.2 Å². The number of alkyl halides is 3. The molecule has 0 saturated heterocycles. The number of benzene rings is 1. The smallest absolute Gasteiger partial charge is 0.430 e. The topological polar surface area (TPSA) is 140 Å². The third-order valence-electron chi connectivity index (χ3n) is 3.39. The lowest BCUT2D eigenvalue weighted by molar-refractivity contribution is -0.768. The molecule has 0 bridgehead atoms. The molecular weight excluding hydrogens is 409 g/mol. The van der Waals surface area contributed by atoms with Gasteiger partial charge in [-0.25, -0.2) is 4.79 Å². The third kappa shape index (κ3) is 5.95. The first kappa shape index (κ1) is 17.5. The van der Waals surface area contributed by atoms with Crippen LogP contribution in [-0.2, 0) is 19.2 Å². The quantitative estimate of drug-likeness (QED) is 0.347. The van der Waals surface area contributed by atoms with Crippen LogP contribution in [0, 0.1) is 27.1 Å². The van der Waals surface area contributed by atoms with Gasteiger partial charge in [0.15, 0.2) is 0 Å². The van der Waals surface area contributed by atoms with E-state index in [0.29, 0.717) is 6.08 Å². The molecule has 0 amide bonds. The summed E-state index contributed by atoms with van der Waals surface area (Å²) in [7, 11) is 0. The monoisotopic (exact) mass is 425 g/mol. The fourth-order valence-electron chi connectivity index (χ4n) is 2.23. The molecular formula is C15H13F3N2O9. The minimum absolute atomic E-state index is 0.175. The number of halogens is 3. The fraction of sp³-hybridized carbons (Fsp3) is 0.400. The molecule has 0 spiro atoms. The first-order valence-corrected chi connectivity index (χ1v) is 7.53. The van der Waals surface area contributed by atoms with E-state index in [0.717, 1.165) is 18.2 Å². The SMILES string of the molecule is [2H]C([2H])([2H])c1ccc2c(c1)C=C(C(=O)OC(CO[N+](=O)[O-])CO[N+](=O)[O-])[C@@H](C(F)(F)F)O2. The van der Waals surface area contributed by atoms with E-state index in [9.17, 15) is 38.2 Å². The van der Waals surface area contributed by atoms with Crippen LogP contribution in [0.1, 0.15) is 15.2 Å². The lowest BCUT2D eigenvalue weighted by Crippen LogP contribution is -2.42. The van der Waals surface area contributed by atoms with E-state index in [2.05, 4.69) is 14.4 Å². The Morgan fingerprint density at radius 2 is 1.90 bits per heavy atom. The highest BCUT2D eigenvalue weighted by Crippen LogP contribution is 2.38. The largest absolute Gasteiger partial charge is 0.475 e. The highest BCUT2D eigenvalue weighted by molar-refractivity contribution is 5.96. The Bertz CT molecular complexity index is 919. The molecule has 0 aliphatic carbocycles. The molecule has 1 aliphatic heterocycles. The molecule has 11 nitrogen and oxygen atoms in total. The average molecular weight is 425 g/mol. The highest BCUT2D eigenvalue weighted by atomic mass is 19.4. The normalized spacial score (nSPS) is 17.6. The molecule has 1 aliphatic rings. The van der Waals surface area contributed by atoms with Crippen molar-refractivity contribution in [2.24, 2.45) is 0 Å². The lowest BCUT2D eigenvalue weighted by Gasteiger charge is -2.28. The number of carbonyl (C=O) groups excluding carboxylic acids is 1. The maximum absolute atomic E-state index is 13.5. The summed E-state index contributed by atoms with van der Waals surface area (Å²) in [6, 6.07) is 3.02. The number of nitrogens with zero attached hydrogens (tertiary/aromatic N) is 2. The van der Waals surface area contributed by atoms with E-state index >= 15 is 0 Å². The third-order valence-corrected chi connectivity index (χ3v) is 3.39. The van der Waals surface area contributed by atoms with Crippen molar-refractivity contribution in [3.8, 4) is 5.75 Å². The molecule has 1 atom stereocenters. The molecule has 14 heteroatoms. The second kappa shape index (κ2) is 8.62. The summed E-state index contributed by atoms with van der Waals surface area (Å²) < 4.78 is 72.0. The van der Waals surface area contributed by atoms with Gasteiger partial charge in [0.1, 0.15) is 25.1 Å². The molecule has 0 aromatic heterocycles. The number of hydrogen-bond donors (Lipinski definition) is 0. The average Bonchev–Trinajstić information content (AvgIpc) is 2.66. The van der Waals surface area contributed by atoms with E-state index in [1.54, 1.807) is 0 Å². The Labute approximate surface area is 164 Å². The van der Waals surface area contributed by atoms with Crippen LogP contribution in [0.15, 0.2) is 23.8 Å². The van der Waals surface area contributed by atoms with Gasteiger partial charge in [-0.05, 0) is 25.1 Å². The van der Waals surface area contributed by atoms with Gasteiger partial charge in [0.25, 0.3) is 10.2 Å². The molecule has 0 N–H and O–H groups in total. The van der Waals surface area contributed by atoms with Crippen LogP contribution >= 0.6 is 0 Å². The van der Waals surface area contributed by atoms with Gasteiger partial charge in [-0.3, -0.25) is 0 Å². The Balaban J connectivity index is 2.38. The first-order chi connectivity index (χ1) is 14.7. The first-order valence-electron chi connectivity index (χ1n) is 9.03. The molecule has 0 radical (unpaired) electrons. The van der Waals surface area contributed by atoms with E-state index < -0.39 is 60.2 Å². The van der Waals surface area contributed by atoms with E-state index in [-0.39, 0.29) is 16.9 Å². The van der Waals surface area contributed by atoms with Gasteiger partial charge in [-0.1, -0.05) is 11.6 Å². The van der Waals surface area contributed by atoms with Gasteiger partial charge >= 0.3 is 12.1 Å². The van der Waals surface area contributed by atoms with E-state index in [1.165, 1.54) is 0 Å². The van der Waals surface area contributed by atoms with Crippen molar-refractivity contribution in [2.75, 3.05) is 13.2 Å². The Morgan fingerprint density at radius 3 is 2.41 bits per heavy atom. The molecule has 1 aromatic carbocycles. The van der Waals surface area contributed by atoms with Crippen molar-refractivity contribution in [1.29, 1.82) is 0 Å². The van der Waals surface area contributed by atoms with Crippen molar-refractivity contribution in [2.45, 2.75) is 25.2 Å². The van der Waals surface area contributed by atoms with Crippen LogP contribution in [0.4, 0.5) is 13.2 Å². The Morgan fingerprint density at radius 1 is 1.28 bits per heavy atom. The van der Waals surface area contributed by atoms with Crippen LogP contribution in [0.3, 0.4) is 0 Å². The van der Waals surface area contributed by atoms with Crippen molar-refractivity contribution in [3.63, 3.8) is 0 Å². The lowest BCUT2D eigenvalue weighted by atomic mass is 10.00. The zero-order valence-electron chi connectivity index (χ0n) is 17.1. The summed E-state index contributed by atoms with van der Waals surface area (Å²) in [5.74, 6) is -2.05. The number of aryl methyl sites for hydroxylation is 1. The maximum atomic E-state index is 13.5. The van der Waals surface area contributed by atoms with Gasteiger partial charge in [0, 0.05) is 9.68 Å². The van der Waals surface area contributed by atoms with Gasteiger partial charge in [0.05, 0.1) is 5.57 Å². The summed E-state index contributed by atoms with van der Waals surface area (Å²) in [5, 5.41) is 18.0. The molecule has 29 heavy (non-hydrogen) atoms. The molecule has 1 aromatic rings. The molecule has 0 fully saturated rings. The minimum atomic E-state index is -5.12. The molecule has 2 rings (SSSR count). The number of fused-ring (bicyclic) bond motifs is 1. The number of hydrogen-bond acceptors (Lipinski definition) is 9. The van der Waals surface area contributed by atoms with Gasteiger partial charge in [-0.15, -0.1) is 20.2 Å². The highest BCUT2D eigenvalue weighted by Gasteiger charge is 2.49. The number of rotatable bonds is 8. The van der Waals surface area contributed by atoms with Crippen LogP contribution in [0.2, 0.25) is 0 Å². The van der Waals surface area contributed by atoms with Crippen molar-refractivity contribution in [1.82, 2.24) is 0 Å². The summed E-state index contributed by atoms with van der Waals surface area (Å²) in [6.07, 6.45) is -9.08. The van der Waals surface area contributed by atoms with E-state index in [1.807, 2.05) is 0 Å². The fourth-order valence-corrected chi connectivity index (χ4v) is 2.23. The second-order valence-electron chi connectivity index (χ2n) is 5.46. The predicted molar refractivity (Wildman–Crippen MR) is 85.4 cm³/mol. The number of carbonyl (C=O) groups is 1. The van der Waals surface area contributed by atoms with Crippen LogP contribution in [0.25, 0.3) is 6.08 Å². The standard InChI is InChI=1S/C15H13F3N2O9/c1-8-2-3-12-9(4-8)5-11(13(29-12)15(16,17)18)14(21)28-10(6-26-19(22)23)7-27-20(24)25/h2-5,10,13H,6-7H2,1H3/t13-/m0/s1/i1D3. The van der Waals surface area contributed by atoms with Crippen LogP contribution in [0.5, 0.6) is 5.75 Å². The van der Waals surface area contributed by atoms with Gasteiger partial charge < -0.3 is 19.1 Å². The summed E-state index contributed by atoms with van der Waals surface area (Å²) in [4.78, 5) is 40.9. The maximum Gasteiger partial charge on any atom is 0.430 e. The van der Waals surface area contributed by atoms with Crippen LogP contribution in [-0.4, -0.2) is 47.7 Å². The molecule has 1 heterocycles. The minimum Gasteiger partial charge on any atom is -0.475 e. The predicted octanol–water partition coefficient (Wildman–Crippen LogP) is 2.03. The molecule has 0 unspecified atom stereocenters. The van der Waals surface area contributed by atoms with Crippen molar-refractivity contribution < 1.29 is 51.4 Å². The van der Waals surface area contributed by atoms with Crippen LogP contribution < -0.4 is 4.74 Å². The number of ether oxygens (including phenoxy) is 2. The second-order valence-corrected chi connectivity index (χ2v) is 5.46. The molecule has 158 valence electrons. The summed E-state index contributed by atoms with van der Waals surface area (Å²) in [5.41, 5.74) is -1.54.